The van der Waals surface area contributed by atoms with Crippen LogP contribution < -0.4 is 20.9 Å². The summed E-state index contributed by atoms with van der Waals surface area (Å²) in [6, 6.07) is 20.1. The molecule has 1 fully saturated rings. The third kappa shape index (κ3) is 4.91. The number of carbonyl (C=O) groups is 2. The van der Waals surface area contributed by atoms with E-state index in [1.807, 2.05) is 53.4 Å². The molecule has 3 heterocycles. The number of piperidine rings is 1. The van der Waals surface area contributed by atoms with Crippen LogP contribution in [0.1, 0.15) is 23.6 Å². The number of aromatic nitrogens is 1. The summed E-state index contributed by atoms with van der Waals surface area (Å²) in [5, 5.41) is 5.73. The molecule has 3 aromatic rings. The van der Waals surface area contributed by atoms with Crippen LogP contribution in [0.15, 0.2) is 71.5 Å². The number of fused-ring (bicyclic) bond motifs is 4. The molecule has 180 valence electrons. The minimum Gasteiger partial charge on any atom is -0.497 e. The summed E-state index contributed by atoms with van der Waals surface area (Å²) in [5.74, 6) is 0.765. The van der Waals surface area contributed by atoms with Gasteiger partial charge < -0.3 is 24.8 Å². The number of carbonyl (C=O) groups excluding carboxylic acids is 2. The smallest absolute Gasteiger partial charge is 0.321 e. The van der Waals surface area contributed by atoms with E-state index in [2.05, 4.69) is 10.6 Å². The van der Waals surface area contributed by atoms with Crippen molar-refractivity contribution in [2.24, 2.45) is 5.92 Å². The van der Waals surface area contributed by atoms with Gasteiger partial charge in [-0.2, -0.15) is 0 Å². The molecule has 2 unspecified atom stereocenters. The third-order valence-electron chi connectivity index (χ3n) is 6.71. The van der Waals surface area contributed by atoms with Crippen molar-refractivity contribution in [2.75, 3.05) is 30.8 Å². The van der Waals surface area contributed by atoms with Gasteiger partial charge in [-0.1, -0.05) is 30.3 Å². The molecule has 0 saturated carbocycles. The van der Waals surface area contributed by atoms with Crippen LogP contribution in [0.4, 0.5) is 16.2 Å². The van der Waals surface area contributed by atoms with Gasteiger partial charge in [0.1, 0.15) is 11.4 Å². The van der Waals surface area contributed by atoms with E-state index in [1.54, 1.807) is 29.9 Å². The lowest BCUT2D eigenvalue weighted by Gasteiger charge is -2.42. The summed E-state index contributed by atoms with van der Waals surface area (Å²) >= 11 is 0. The molecule has 2 bridgehead atoms. The van der Waals surface area contributed by atoms with E-state index in [0.29, 0.717) is 31.0 Å². The molecule has 0 spiro atoms. The lowest BCUT2D eigenvalue weighted by molar-refractivity contribution is -0.115. The summed E-state index contributed by atoms with van der Waals surface area (Å²) in [6.07, 6.45) is 1.15. The van der Waals surface area contributed by atoms with Crippen LogP contribution >= 0.6 is 0 Å². The second-order valence-corrected chi connectivity index (χ2v) is 9.16. The van der Waals surface area contributed by atoms with Gasteiger partial charge in [0.25, 0.3) is 5.56 Å². The maximum absolute atomic E-state index is 13.2. The Kier molecular flexibility index (Phi) is 6.27. The SMILES string of the molecule is COc1ccc(NC(=O)N2CC3CC(C2)c2ccc(NC(=O)Cc4ccccc4)c(=O)n2C3)cc1. The monoisotopic (exact) mass is 472 g/mol. The van der Waals surface area contributed by atoms with Crippen molar-refractivity contribution < 1.29 is 14.3 Å². The molecular formula is C27H28N4O4. The molecule has 2 aliphatic rings. The Hall–Kier alpha value is -4.07. The number of nitrogens with one attached hydrogen (secondary N) is 2. The Morgan fingerprint density at radius 1 is 0.943 bits per heavy atom. The van der Waals surface area contributed by atoms with E-state index >= 15 is 0 Å². The van der Waals surface area contributed by atoms with Crippen LogP contribution in [0.3, 0.4) is 0 Å². The zero-order valence-corrected chi connectivity index (χ0v) is 19.6. The number of amides is 3. The number of likely N-dealkylation sites (tertiary alicyclic amines) is 1. The number of urea groups is 1. The largest absolute Gasteiger partial charge is 0.497 e. The van der Waals surface area contributed by atoms with Gasteiger partial charge >= 0.3 is 6.03 Å². The number of rotatable bonds is 5. The predicted molar refractivity (Wildman–Crippen MR) is 134 cm³/mol. The lowest BCUT2D eigenvalue weighted by Crippen LogP contribution is -2.50. The number of hydrogen-bond donors (Lipinski definition) is 2. The molecule has 8 heteroatoms. The summed E-state index contributed by atoms with van der Waals surface area (Å²) in [7, 11) is 1.60. The molecule has 5 rings (SSSR count). The van der Waals surface area contributed by atoms with Crippen LogP contribution in [0, 0.1) is 5.92 Å². The number of benzene rings is 2. The number of hydrogen-bond acceptors (Lipinski definition) is 4. The Morgan fingerprint density at radius 2 is 1.71 bits per heavy atom. The molecule has 2 atom stereocenters. The van der Waals surface area contributed by atoms with Gasteiger partial charge in [0.15, 0.2) is 0 Å². The first-order valence-corrected chi connectivity index (χ1v) is 11.8. The summed E-state index contributed by atoms with van der Waals surface area (Å²) < 4.78 is 6.94. The van der Waals surface area contributed by atoms with Crippen LogP contribution in [0.25, 0.3) is 0 Å². The molecule has 1 saturated heterocycles. The van der Waals surface area contributed by atoms with Gasteiger partial charge in [-0.25, -0.2) is 4.79 Å². The van der Waals surface area contributed by atoms with Crippen LogP contribution in [0.2, 0.25) is 0 Å². The normalized spacial score (nSPS) is 18.4. The number of nitrogens with zero attached hydrogens (tertiary/aromatic N) is 2. The summed E-state index contributed by atoms with van der Waals surface area (Å²) in [6.45, 7) is 1.64. The molecule has 3 amide bonds. The van der Waals surface area contributed by atoms with Gasteiger partial charge in [-0.3, -0.25) is 9.59 Å². The van der Waals surface area contributed by atoms with Crippen molar-refractivity contribution in [3.63, 3.8) is 0 Å². The van der Waals surface area contributed by atoms with Gasteiger partial charge in [0.05, 0.1) is 13.5 Å². The maximum Gasteiger partial charge on any atom is 0.321 e. The first-order chi connectivity index (χ1) is 17.0. The number of ether oxygens (including phenoxy) is 1. The number of anilines is 2. The van der Waals surface area contributed by atoms with Gasteiger partial charge in [-0.15, -0.1) is 0 Å². The van der Waals surface area contributed by atoms with E-state index < -0.39 is 0 Å². The van der Waals surface area contributed by atoms with Crippen molar-refractivity contribution in [3.05, 3.63) is 88.3 Å². The molecule has 8 nitrogen and oxygen atoms in total. The van der Waals surface area contributed by atoms with E-state index in [9.17, 15) is 14.4 Å². The van der Waals surface area contributed by atoms with Crippen molar-refractivity contribution in [1.82, 2.24) is 9.47 Å². The van der Waals surface area contributed by atoms with Crippen molar-refractivity contribution in [1.29, 1.82) is 0 Å². The molecule has 2 aromatic carbocycles. The molecule has 1 aromatic heterocycles. The Balaban J connectivity index is 1.27. The highest BCUT2D eigenvalue weighted by Crippen LogP contribution is 2.35. The maximum atomic E-state index is 13.2. The van der Waals surface area contributed by atoms with Crippen molar-refractivity contribution in [2.45, 2.75) is 25.3 Å². The first kappa shape index (κ1) is 22.7. The fourth-order valence-electron chi connectivity index (χ4n) is 5.06. The van der Waals surface area contributed by atoms with E-state index in [0.717, 1.165) is 23.4 Å². The minimum absolute atomic E-state index is 0.0749. The third-order valence-corrected chi connectivity index (χ3v) is 6.71. The van der Waals surface area contributed by atoms with E-state index in [4.69, 9.17) is 4.74 Å². The standard InChI is InChI=1S/C27H28N4O4/c1-35-22-9-7-21(8-10-22)28-27(34)30-15-19-13-20(17-30)24-12-11-23(26(33)31(24)16-19)29-25(32)14-18-5-3-2-4-6-18/h2-12,19-20H,13-17H2,1H3,(H,28,34)(H,29,32). The molecule has 2 aliphatic heterocycles. The second-order valence-electron chi connectivity index (χ2n) is 9.16. The molecular weight excluding hydrogens is 444 g/mol. The van der Waals surface area contributed by atoms with E-state index in [-0.39, 0.29) is 35.8 Å². The fraction of sp³-hybridized carbons (Fsp3) is 0.296. The highest BCUT2D eigenvalue weighted by atomic mass is 16.5. The highest BCUT2D eigenvalue weighted by Gasteiger charge is 2.36. The Labute approximate surface area is 203 Å². The predicted octanol–water partition coefficient (Wildman–Crippen LogP) is 3.69. The van der Waals surface area contributed by atoms with Gasteiger partial charge in [0.2, 0.25) is 5.91 Å². The Bertz CT molecular complexity index is 1290. The minimum atomic E-state index is -0.216. The topological polar surface area (TPSA) is 92.7 Å². The van der Waals surface area contributed by atoms with Crippen LogP contribution in [-0.4, -0.2) is 41.6 Å². The van der Waals surface area contributed by atoms with E-state index in [1.165, 1.54) is 0 Å². The lowest BCUT2D eigenvalue weighted by atomic mass is 9.83. The average Bonchev–Trinajstić information content (AvgIpc) is 2.87. The molecule has 0 aliphatic carbocycles. The molecule has 0 radical (unpaired) electrons. The summed E-state index contributed by atoms with van der Waals surface area (Å²) in [4.78, 5) is 40.4. The highest BCUT2D eigenvalue weighted by molar-refractivity contribution is 5.92. The second kappa shape index (κ2) is 9.66. The fourth-order valence-corrected chi connectivity index (χ4v) is 5.06. The number of methoxy groups -OCH3 is 1. The van der Waals surface area contributed by atoms with Crippen LogP contribution in [0.5, 0.6) is 5.75 Å². The van der Waals surface area contributed by atoms with Crippen molar-refractivity contribution in [3.8, 4) is 5.75 Å². The number of pyridine rings is 1. The quantitative estimate of drug-likeness (QED) is 0.592. The zero-order valence-electron chi connectivity index (χ0n) is 19.6. The molecule has 2 N–H and O–H groups in total. The summed E-state index contributed by atoms with van der Waals surface area (Å²) in [5.41, 5.74) is 2.62. The first-order valence-electron chi connectivity index (χ1n) is 11.8. The molecule has 35 heavy (non-hydrogen) atoms. The van der Waals surface area contributed by atoms with Crippen LogP contribution in [-0.2, 0) is 17.8 Å². The van der Waals surface area contributed by atoms with Gasteiger partial charge in [0, 0.05) is 36.9 Å². The van der Waals surface area contributed by atoms with Crippen molar-refractivity contribution >= 4 is 23.3 Å². The average molecular weight is 473 g/mol. The zero-order chi connectivity index (χ0) is 24.4. The Morgan fingerprint density at radius 3 is 2.46 bits per heavy atom. The van der Waals surface area contributed by atoms with Gasteiger partial charge in [-0.05, 0) is 54.3 Å².